The number of carbonyl (C=O) groups excluding carboxylic acids is 1. The highest BCUT2D eigenvalue weighted by molar-refractivity contribution is 6.06. The summed E-state index contributed by atoms with van der Waals surface area (Å²) in [6.07, 6.45) is -2.29. The lowest BCUT2D eigenvalue weighted by Crippen LogP contribution is -2.36. The largest absolute Gasteiger partial charge is 0.416 e. The summed E-state index contributed by atoms with van der Waals surface area (Å²) in [6.45, 7) is 1.96. The van der Waals surface area contributed by atoms with Gasteiger partial charge < -0.3 is 10.2 Å². The van der Waals surface area contributed by atoms with Gasteiger partial charge in [-0.1, -0.05) is 24.3 Å². The minimum atomic E-state index is -4.45. The van der Waals surface area contributed by atoms with Crippen LogP contribution in [-0.2, 0) is 12.6 Å². The number of halogens is 3. The van der Waals surface area contributed by atoms with Crippen LogP contribution >= 0.6 is 0 Å². The number of hydrogen-bond donors (Lipinski definition) is 1. The van der Waals surface area contributed by atoms with Crippen molar-refractivity contribution in [2.45, 2.75) is 25.6 Å². The molecule has 0 bridgehead atoms. The third kappa shape index (κ3) is 3.78. The van der Waals surface area contributed by atoms with Crippen LogP contribution in [-0.4, -0.2) is 21.9 Å². The number of carbonyl (C=O) groups is 1. The van der Waals surface area contributed by atoms with Crippen molar-refractivity contribution in [1.29, 1.82) is 0 Å². The van der Waals surface area contributed by atoms with Crippen molar-refractivity contribution in [3.8, 4) is 0 Å². The standard InChI is InChI=1S/C21H17F3N4O/c1-13-11-14-5-2-3-8-18(14)28(13)19(29)17-9-10-25-20(27-17)26-16-7-4-6-15(12-16)21(22,23)24/h2-10,12-13H,11H2,1H3,(H,25,26,27). The van der Waals surface area contributed by atoms with Gasteiger partial charge >= 0.3 is 6.18 Å². The Morgan fingerprint density at radius 2 is 1.93 bits per heavy atom. The quantitative estimate of drug-likeness (QED) is 0.687. The van der Waals surface area contributed by atoms with Gasteiger partial charge in [-0.2, -0.15) is 13.2 Å². The number of para-hydroxylation sites is 1. The first-order valence-corrected chi connectivity index (χ1v) is 9.02. The van der Waals surface area contributed by atoms with E-state index in [1.807, 2.05) is 31.2 Å². The van der Waals surface area contributed by atoms with Crippen molar-refractivity contribution in [3.05, 3.63) is 77.6 Å². The number of nitrogens with zero attached hydrogens (tertiary/aromatic N) is 3. The molecular formula is C21H17F3N4O. The zero-order valence-electron chi connectivity index (χ0n) is 15.4. The minimum absolute atomic E-state index is 0.0188. The van der Waals surface area contributed by atoms with Crippen LogP contribution in [0.4, 0.5) is 30.5 Å². The maximum Gasteiger partial charge on any atom is 0.416 e. The molecule has 1 amide bonds. The summed E-state index contributed by atoms with van der Waals surface area (Å²) >= 11 is 0. The lowest BCUT2D eigenvalue weighted by Gasteiger charge is -2.22. The van der Waals surface area contributed by atoms with E-state index in [9.17, 15) is 18.0 Å². The van der Waals surface area contributed by atoms with Crippen LogP contribution in [0.25, 0.3) is 0 Å². The molecular weight excluding hydrogens is 381 g/mol. The Labute approximate surface area is 165 Å². The molecule has 2 heterocycles. The van der Waals surface area contributed by atoms with Crippen molar-refractivity contribution < 1.29 is 18.0 Å². The van der Waals surface area contributed by atoms with Crippen LogP contribution in [0.5, 0.6) is 0 Å². The summed E-state index contributed by atoms with van der Waals surface area (Å²) in [7, 11) is 0. The van der Waals surface area contributed by atoms with Crippen molar-refractivity contribution >= 4 is 23.2 Å². The highest BCUT2D eigenvalue weighted by Gasteiger charge is 2.32. The molecule has 8 heteroatoms. The topological polar surface area (TPSA) is 58.1 Å². The molecule has 148 valence electrons. The predicted molar refractivity (Wildman–Crippen MR) is 103 cm³/mol. The SMILES string of the molecule is CC1Cc2ccccc2N1C(=O)c1ccnc(Nc2cccc(C(F)(F)F)c2)n1. The van der Waals surface area contributed by atoms with E-state index in [2.05, 4.69) is 15.3 Å². The second-order valence-electron chi connectivity index (χ2n) is 6.83. The van der Waals surface area contributed by atoms with Gasteiger partial charge in [-0.25, -0.2) is 9.97 Å². The van der Waals surface area contributed by atoms with Gasteiger partial charge in [-0.15, -0.1) is 0 Å². The van der Waals surface area contributed by atoms with E-state index in [0.29, 0.717) is 0 Å². The zero-order valence-corrected chi connectivity index (χ0v) is 15.4. The molecule has 1 N–H and O–H groups in total. The van der Waals surface area contributed by atoms with Crippen molar-refractivity contribution in [2.24, 2.45) is 0 Å². The first-order valence-electron chi connectivity index (χ1n) is 9.02. The fraction of sp³-hybridized carbons (Fsp3) is 0.190. The Bertz CT molecular complexity index is 1070. The molecule has 29 heavy (non-hydrogen) atoms. The van der Waals surface area contributed by atoms with Gasteiger partial charge in [0.1, 0.15) is 5.69 Å². The second-order valence-corrected chi connectivity index (χ2v) is 6.83. The maximum atomic E-state index is 13.1. The number of benzene rings is 2. The molecule has 0 fully saturated rings. The molecule has 0 spiro atoms. The lowest BCUT2D eigenvalue weighted by molar-refractivity contribution is -0.137. The summed E-state index contributed by atoms with van der Waals surface area (Å²) in [4.78, 5) is 23.0. The number of amides is 1. The van der Waals surface area contributed by atoms with Crippen molar-refractivity contribution in [2.75, 3.05) is 10.2 Å². The summed E-state index contributed by atoms with van der Waals surface area (Å²) in [5.74, 6) is -0.229. The van der Waals surface area contributed by atoms with E-state index in [-0.39, 0.29) is 29.3 Å². The molecule has 4 rings (SSSR count). The average Bonchev–Trinajstić information content (AvgIpc) is 3.03. The molecule has 0 aliphatic carbocycles. The van der Waals surface area contributed by atoms with Crippen LogP contribution < -0.4 is 10.2 Å². The monoisotopic (exact) mass is 398 g/mol. The Morgan fingerprint density at radius 1 is 1.14 bits per heavy atom. The zero-order chi connectivity index (χ0) is 20.6. The summed E-state index contributed by atoms with van der Waals surface area (Å²) in [6, 6.07) is 13.9. The van der Waals surface area contributed by atoms with Gasteiger partial charge in [0, 0.05) is 23.6 Å². The summed E-state index contributed by atoms with van der Waals surface area (Å²) in [5.41, 5.74) is 1.50. The Hall–Kier alpha value is -3.42. The van der Waals surface area contributed by atoms with Gasteiger partial charge in [0.05, 0.1) is 5.56 Å². The molecule has 0 radical (unpaired) electrons. The number of nitrogens with one attached hydrogen (secondary N) is 1. The molecule has 1 unspecified atom stereocenters. The van der Waals surface area contributed by atoms with E-state index >= 15 is 0 Å². The molecule has 0 saturated carbocycles. The average molecular weight is 398 g/mol. The minimum Gasteiger partial charge on any atom is -0.324 e. The first-order chi connectivity index (χ1) is 13.8. The van der Waals surface area contributed by atoms with Crippen LogP contribution in [0.3, 0.4) is 0 Å². The number of fused-ring (bicyclic) bond motifs is 1. The van der Waals surface area contributed by atoms with E-state index in [4.69, 9.17) is 0 Å². The van der Waals surface area contributed by atoms with Crippen molar-refractivity contribution in [3.63, 3.8) is 0 Å². The van der Waals surface area contributed by atoms with E-state index in [1.165, 1.54) is 24.4 Å². The fourth-order valence-electron chi connectivity index (χ4n) is 3.44. The number of rotatable bonds is 3. The van der Waals surface area contributed by atoms with Crippen LogP contribution in [0, 0.1) is 0 Å². The predicted octanol–water partition coefficient (Wildman–Crippen LogP) is 4.83. The summed E-state index contributed by atoms with van der Waals surface area (Å²) in [5, 5.41) is 2.74. The smallest absolute Gasteiger partial charge is 0.324 e. The number of alkyl halides is 3. The molecule has 3 aromatic rings. The number of anilines is 3. The van der Waals surface area contributed by atoms with Gasteiger partial charge in [-0.3, -0.25) is 4.79 Å². The highest BCUT2D eigenvalue weighted by Crippen LogP contribution is 2.33. The van der Waals surface area contributed by atoms with E-state index < -0.39 is 11.7 Å². The maximum absolute atomic E-state index is 13.1. The van der Waals surface area contributed by atoms with Crippen LogP contribution in [0.2, 0.25) is 0 Å². The molecule has 1 aliphatic rings. The van der Waals surface area contributed by atoms with Crippen LogP contribution in [0.1, 0.15) is 28.5 Å². The molecule has 5 nitrogen and oxygen atoms in total. The third-order valence-electron chi connectivity index (χ3n) is 4.75. The molecule has 1 aromatic heterocycles. The van der Waals surface area contributed by atoms with E-state index in [1.54, 1.807) is 4.90 Å². The molecule has 1 aliphatic heterocycles. The Balaban J connectivity index is 1.59. The third-order valence-corrected chi connectivity index (χ3v) is 4.75. The van der Waals surface area contributed by atoms with Gasteiger partial charge in [0.15, 0.2) is 0 Å². The molecule has 2 aromatic carbocycles. The molecule has 1 atom stereocenters. The Kier molecular flexibility index (Phi) is 4.70. The first kappa shape index (κ1) is 18.9. The van der Waals surface area contributed by atoms with Gasteiger partial charge in [0.2, 0.25) is 5.95 Å². The van der Waals surface area contributed by atoms with Gasteiger partial charge in [-0.05, 0) is 49.2 Å². The van der Waals surface area contributed by atoms with E-state index in [0.717, 1.165) is 29.8 Å². The van der Waals surface area contributed by atoms with Gasteiger partial charge in [0.25, 0.3) is 5.91 Å². The number of aromatic nitrogens is 2. The Morgan fingerprint density at radius 3 is 2.72 bits per heavy atom. The van der Waals surface area contributed by atoms with Crippen molar-refractivity contribution in [1.82, 2.24) is 9.97 Å². The van der Waals surface area contributed by atoms with Crippen LogP contribution in [0.15, 0.2) is 60.8 Å². The second kappa shape index (κ2) is 7.20. The normalized spacial score (nSPS) is 15.9. The molecule has 0 saturated heterocycles. The summed E-state index contributed by atoms with van der Waals surface area (Å²) < 4.78 is 38.7. The fourth-order valence-corrected chi connectivity index (χ4v) is 3.44. The lowest BCUT2D eigenvalue weighted by atomic mass is 10.1. The highest BCUT2D eigenvalue weighted by atomic mass is 19.4. The number of hydrogen-bond acceptors (Lipinski definition) is 4.